The van der Waals surface area contributed by atoms with E-state index in [2.05, 4.69) is 67.6 Å². The highest BCUT2D eigenvalue weighted by atomic mass is 15.0. The second-order valence-corrected chi connectivity index (χ2v) is 5.76. The Balaban J connectivity index is 2.27. The molecule has 102 valence electrons. The van der Waals surface area contributed by atoms with E-state index in [0.29, 0.717) is 5.92 Å². The maximum absolute atomic E-state index is 4.05. The molecule has 2 aromatic rings. The number of para-hydroxylation sites is 1. The lowest BCUT2D eigenvalue weighted by Crippen LogP contribution is -2.21. The Labute approximate surface area is 116 Å². The fraction of sp³-hybridized carbons (Fsp3) is 0.412. The van der Waals surface area contributed by atoms with Crippen molar-refractivity contribution in [3.63, 3.8) is 0 Å². The van der Waals surface area contributed by atoms with Crippen LogP contribution in [0.25, 0.3) is 10.9 Å². The van der Waals surface area contributed by atoms with Crippen LogP contribution in [0.15, 0.2) is 42.5 Å². The molecule has 0 aliphatic rings. The molecule has 0 atom stereocenters. The Morgan fingerprint density at radius 3 is 2.74 bits per heavy atom. The Hall–Kier alpha value is -1.54. The minimum atomic E-state index is 0.680. The van der Waals surface area contributed by atoms with Gasteiger partial charge in [-0.3, -0.25) is 0 Å². The molecule has 0 saturated carbocycles. The number of fused-ring (bicyclic) bond motifs is 1. The van der Waals surface area contributed by atoms with Crippen LogP contribution >= 0.6 is 0 Å². The Morgan fingerprint density at radius 2 is 2.05 bits per heavy atom. The average Bonchev–Trinajstić information content (AvgIpc) is 2.67. The third-order valence-electron chi connectivity index (χ3n) is 3.18. The van der Waals surface area contributed by atoms with Crippen LogP contribution in [-0.4, -0.2) is 11.1 Å². The van der Waals surface area contributed by atoms with Gasteiger partial charge in [0.2, 0.25) is 0 Å². The molecule has 0 bridgehead atoms. The maximum Gasteiger partial charge on any atom is 0.0485 e. The highest BCUT2D eigenvalue weighted by Crippen LogP contribution is 2.20. The van der Waals surface area contributed by atoms with Crippen molar-refractivity contribution in [3.8, 4) is 0 Å². The molecular weight excluding hydrogens is 232 g/mol. The summed E-state index contributed by atoms with van der Waals surface area (Å²) in [6.45, 7) is 13.5. The van der Waals surface area contributed by atoms with Gasteiger partial charge in [0, 0.05) is 24.3 Å². The zero-order chi connectivity index (χ0) is 13.8. The van der Waals surface area contributed by atoms with Gasteiger partial charge in [-0.15, -0.1) is 0 Å². The predicted molar refractivity (Wildman–Crippen MR) is 83.3 cm³/mol. The summed E-state index contributed by atoms with van der Waals surface area (Å²) in [5, 5.41) is 4.84. The highest BCUT2D eigenvalue weighted by Gasteiger charge is 2.08. The lowest BCUT2D eigenvalue weighted by atomic mass is 10.2. The first-order chi connectivity index (χ1) is 9.08. The molecule has 0 spiro atoms. The number of hydrogen-bond acceptors (Lipinski definition) is 1. The number of aromatic nitrogens is 1. The summed E-state index contributed by atoms with van der Waals surface area (Å²) in [5.74, 6) is 0.680. The molecular formula is C17H24N2. The molecule has 0 radical (unpaired) electrons. The van der Waals surface area contributed by atoms with E-state index in [1.54, 1.807) is 0 Å². The van der Waals surface area contributed by atoms with Crippen molar-refractivity contribution in [2.45, 2.75) is 33.9 Å². The van der Waals surface area contributed by atoms with E-state index in [0.717, 1.165) is 19.6 Å². The molecule has 1 N–H and O–H groups in total. The molecule has 2 heteroatoms. The van der Waals surface area contributed by atoms with Gasteiger partial charge in [-0.05, 0) is 36.9 Å². The standard InChI is InChI=1S/C17H24N2/c1-13(2)10-18-11-16-9-15-7-5-6-8-17(15)19(16)12-14(3)4/h5-9,13,18H,3,10-12H2,1-2,4H3. The molecule has 1 aromatic carbocycles. The highest BCUT2D eigenvalue weighted by molar-refractivity contribution is 5.81. The zero-order valence-corrected chi connectivity index (χ0v) is 12.2. The quantitative estimate of drug-likeness (QED) is 0.774. The molecule has 0 amide bonds. The van der Waals surface area contributed by atoms with Gasteiger partial charge < -0.3 is 9.88 Å². The zero-order valence-electron chi connectivity index (χ0n) is 12.2. The number of benzene rings is 1. The molecule has 1 heterocycles. The van der Waals surface area contributed by atoms with E-state index < -0.39 is 0 Å². The number of hydrogen-bond donors (Lipinski definition) is 1. The first-order valence-corrected chi connectivity index (χ1v) is 7.00. The van der Waals surface area contributed by atoms with Crippen LogP contribution in [0.4, 0.5) is 0 Å². The first-order valence-electron chi connectivity index (χ1n) is 7.00. The summed E-state index contributed by atoms with van der Waals surface area (Å²) in [5.41, 5.74) is 3.82. The summed E-state index contributed by atoms with van der Waals surface area (Å²) in [6, 6.07) is 10.8. The van der Waals surface area contributed by atoms with Gasteiger partial charge in [0.1, 0.15) is 0 Å². The van der Waals surface area contributed by atoms with Crippen molar-refractivity contribution in [1.82, 2.24) is 9.88 Å². The molecule has 2 rings (SSSR count). The molecule has 0 saturated heterocycles. The van der Waals surface area contributed by atoms with Crippen LogP contribution in [0.1, 0.15) is 26.5 Å². The van der Waals surface area contributed by atoms with E-state index in [1.165, 1.54) is 22.2 Å². The molecule has 1 aromatic heterocycles. The van der Waals surface area contributed by atoms with E-state index in [-0.39, 0.29) is 0 Å². The molecule has 0 aliphatic carbocycles. The first kappa shape index (κ1) is 13.9. The van der Waals surface area contributed by atoms with Crippen molar-refractivity contribution in [2.24, 2.45) is 5.92 Å². The van der Waals surface area contributed by atoms with Crippen LogP contribution in [0.2, 0.25) is 0 Å². The summed E-state index contributed by atoms with van der Waals surface area (Å²) in [4.78, 5) is 0. The second-order valence-electron chi connectivity index (χ2n) is 5.76. The smallest absolute Gasteiger partial charge is 0.0485 e. The maximum atomic E-state index is 4.05. The van der Waals surface area contributed by atoms with Gasteiger partial charge in [0.25, 0.3) is 0 Å². The van der Waals surface area contributed by atoms with Gasteiger partial charge in [-0.25, -0.2) is 0 Å². The number of allylic oxidation sites excluding steroid dienone is 1. The molecule has 19 heavy (non-hydrogen) atoms. The summed E-state index contributed by atoms with van der Waals surface area (Å²) in [7, 11) is 0. The van der Waals surface area contributed by atoms with E-state index in [1.807, 2.05) is 0 Å². The van der Waals surface area contributed by atoms with Gasteiger partial charge in [-0.1, -0.05) is 44.2 Å². The molecule has 0 fully saturated rings. The van der Waals surface area contributed by atoms with Gasteiger partial charge in [0.15, 0.2) is 0 Å². The fourth-order valence-corrected chi connectivity index (χ4v) is 2.36. The summed E-state index contributed by atoms with van der Waals surface area (Å²) >= 11 is 0. The largest absolute Gasteiger partial charge is 0.339 e. The number of nitrogens with zero attached hydrogens (tertiary/aromatic N) is 1. The van der Waals surface area contributed by atoms with Crippen LogP contribution < -0.4 is 5.32 Å². The van der Waals surface area contributed by atoms with E-state index in [4.69, 9.17) is 0 Å². The van der Waals surface area contributed by atoms with Crippen molar-refractivity contribution >= 4 is 10.9 Å². The summed E-state index contributed by atoms with van der Waals surface area (Å²) < 4.78 is 2.37. The summed E-state index contributed by atoms with van der Waals surface area (Å²) in [6.07, 6.45) is 0. The average molecular weight is 256 g/mol. The number of nitrogens with one attached hydrogen (secondary N) is 1. The molecule has 0 aliphatic heterocycles. The van der Waals surface area contributed by atoms with Crippen molar-refractivity contribution in [3.05, 3.63) is 48.2 Å². The molecule has 0 unspecified atom stereocenters. The van der Waals surface area contributed by atoms with Crippen LogP contribution in [0, 0.1) is 5.92 Å². The third-order valence-corrected chi connectivity index (χ3v) is 3.18. The normalized spacial score (nSPS) is 11.4. The Morgan fingerprint density at radius 1 is 1.32 bits per heavy atom. The number of rotatable bonds is 6. The topological polar surface area (TPSA) is 17.0 Å². The van der Waals surface area contributed by atoms with E-state index >= 15 is 0 Å². The Kier molecular flexibility index (Phi) is 4.43. The van der Waals surface area contributed by atoms with Crippen LogP contribution in [0.5, 0.6) is 0 Å². The lowest BCUT2D eigenvalue weighted by Gasteiger charge is -2.12. The minimum Gasteiger partial charge on any atom is -0.339 e. The van der Waals surface area contributed by atoms with Crippen LogP contribution in [0.3, 0.4) is 0 Å². The lowest BCUT2D eigenvalue weighted by molar-refractivity contribution is 0.540. The van der Waals surface area contributed by atoms with Gasteiger partial charge in [0.05, 0.1) is 0 Å². The van der Waals surface area contributed by atoms with E-state index in [9.17, 15) is 0 Å². The molecule has 2 nitrogen and oxygen atoms in total. The SMILES string of the molecule is C=C(C)Cn1c(CNCC(C)C)cc2ccccc21. The van der Waals surface area contributed by atoms with Crippen molar-refractivity contribution in [2.75, 3.05) is 6.54 Å². The van der Waals surface area contributed by atoms with Gasteiger partial charge >= 0.3 is 0 Å². The van der Waals surface area contributed by atoms with Crippen LogP contribution in [-0.2, 0) is 13.1 Å². The monoisotopic (exact) mass is 256 g/mol. The van der Waals surface area contributed by atoms with Crippen molar-refractivity contribution < 1.29 is 0 Å². The predicted octanol–water partition coefficient (Wildman–Crippen LogP) is 3.96. The van der Waals surface area contributed by atoms with Gasteiger partial charge in [-0.2, -0.15) is 0 Å². The third kappa shape index (κ3) is 3.48. The van der Waals surface area contributed by atoms with Crippen molar-refractivity contribution in [1.29, 1.82) is 0 Å². The minimum absolute atomic E-state index is 0.680. The Bertz CT molecular complexity index is 564. The second kappa shape index (κ2) is 6.07. The fourth-order valence-electron chi connectivity index (χ4n) is 2.36.